The number of likely N-dealkylation sites (N-methyl/N-ethyl adjacent to an activating group) is 1. The summed E-state index contributed by atoms with van der Waals surface area (Å²) in [6.07, 6.45) is 3.19. The Labute approximate surface area is 192 Å². The number of sulfonamides is 1. The molecule has 2 aromatic rings. The smallest absolute Gasteiger partial charge is 0.244 e. The lowest BCUT2D eigenvalue weighted by Crippen LogP contribution is -2.47. The van der Waals surface area contributed by atoms with Crippen LogP contribution in [0.5, 0.6) is 0 Å². The summed E-state index contributed by atoms with van der Waals surface area (Å²) in [5.41, 5.74) is 0.765. The first-order chi connectivity index (χ1) is 14.9. The first-order valence-corrected chi connectivity index (χ1v) is 13.2. The van der Waals surface area contributed by atoms with Crippen LogP contribution in [-0.2, 0) is 14.8 Å². The van der Waals surface area contributed by atoms with Crippen LogP contribution in [0.1, 0.15) is 0 Å². The highest BCUT2D eigenvalue weighted by Gasteiger charge is 2.27. The van der Waals surface area contributed by atoms with Gasteiger partial charge in [-0.2, -0.15) is 4.31 Å². The monoisotopic (exact) mass is 478 g/mol. The fraction of sp³-hybridized carbons (Fsp3) is 0.333. The minimum Gasteiger partial charge on any atom is -0.324 e. The highest BCUT2D eigenvalue weighted by Crippen LogP contribution is 2.27. The molecule has 0 atom stereocenters. The molecule has 1 aliphatic rings. The van der Waals surface area contributed by atoms with Crippen LogP contribution in [0.2, 0.25) is 0 Å². The van der Waals surface area contributed by atoms with Crippen LogP contribution < -0.4 is 5.32 Å². The molecule has 1 aromatic heterocycles. The molecular formula is C21H26N4O3S3. The quantitative estimate of drug-likeness (QED) is 0.438. The Morgan fingerprint density at radius 1 is 1.16 bits per heavy atom. The molecule has 0 aliphatic carbocycles. The number of carbonyl (C=O) groups excluding carboxylic acids is 1. The number of aromatic nitrogens is 1. The molecule has 1 saturated heterocycles. The Morgan fingerprint density at radius 2 is 1.90 bits per heavy atom. The highest BCUT2D eigenvalue weighted by molar-refractivity contribution is 8.00. The average Bonchev–Trinajstić information content (AvgIpc) is 2.78. The topological polar surface area (TPSA) is 82.6 Å². The lowest BCUT2D eigenvalue weighted by molar-refractivity contribution is -0.113. The van der Waals surface area contributed by atoms with Crippen molar-refractivity contribution in [2.24, 2.45) is 0 Å². The predicted octanol–water partition coefficient (Wildman–Crippen LogP) is 3.03. The molecule has 1 amide bonds. The largest absolute Gasteiger partial charge is 0.324 e. The van der Waals surface area contributed by atoms with Crippen molar-refractivity contribution in [2.75, 3.05) is 50.0 Å². The molecule has 1 aromatic carbocycles. The minimum atomic E-state index is -3.54. The van der Waals surface area contributed by atoms with E-state index >= 15 is 0 Å². The summed E-state index contributed by atoms with van der Waals surface area (Å²) < 4.78 is 27.0. The number of benzene rings is 1. The van der Waals surface area contributed by atoms with Crippen LogP contribution in [0.25, 0.3) is 0 Å². The van der Waals surface area contributed by atoms with E-state index in [0.29, 0.717) is 31.2 Å². The standard InChI is InChI=1S/C21H26N4O3S3/c1-3-14-29-19-7-5-4-6-18(19)23-20(26)16-30-21-9-8-17(15-22-21)31(27,28)25-12-10-24(2)11-13-25/h3-9,15H,1,10-14,16H2,2H3,(H,23,26). The number of hydrogen-bond acceptors (Lipinski definition) is 7. The minimum absolute atomic E-state index is 0.146. The Kier molecular flexibility index (Phi) is 8.56. The number of para-hydroxylation sites is 1. The van der Waals surface area contributed by atoms with Crippen LogP contribution in [0, 0.1) is 0 Å². The van der Waals surface area contributed by atoms with Crippen molar-refractivity contribution in [2.45, 2.75) is 14.8 Å². The number of nitrogens with zero attached hydrogens (tertiary/aromatic N) is 3. The maximum atomic E-state index is 12.8. The second-order valence-electron chi connectivity index (χ2n) is 6.97. The van der Waals surface area contributed by atoms with Gasteiger partial charge in [0.2, 0.25) is 15.9 Å². The molecule has 0 spiro atoms. The number of rotatable bonds is 9. The molecule has 1 fully saturated rings. The zero-order valence-electron chi connectivity index (χ0n) is 17.4. The molecule has 0 unspecified atom stereocenters. The molecule has 0 bridgehead atoms. The number of nitrogens with one attached hydrogen (secondary N) is 1. The molecule has 2 heterocycles. The van der Waals surface area contributed by atoms with Gasteiger partial charge in [-0.1, -0.05) is 30.0 Å². The lowest BCUT2D eigenvalue weighted by atomic mass is 10.3. The van der Waals surface area contributed by atoms with E-state index in [9.17, 15) is 13.2 Å². The van der Waals surface area contributed by atoms with Gasteiger partial charge in [-0.15, -0.1) is 18.3 Å². The number of piperazine rings is 1. The van der Waals surface area contributed by atoms with Gasteiger partial charge >= 0.3 is 0 Å². The summed E-state index contributed by atoms with van der Waals surface area (Å²) in [6, 6.07) is 10.8. The van der Waals surface area contributed by atoms with Gasteiger partial charge in [0, 0.05) is 43.0 Å². The second kappa shape index (κ2) is 11.1. The maximum Gasteiger partial charge on any atom is 0.244 e. The summed E-state index contributed by atoms with van der Waals surface area (Å²) in [4.78, 5) is 19.9. The van der Waals surface area contributed by atoms with Gasteiger partial charge < -0.3 is 10.2 Å². The van der Waals surface area contributed by atoms with Crippen molar-refractivity contribution in [3.05, 3.63) is 55.3 Å². The average molecular weight is 479 g/mol. The number of carbonyl (C=O) groups is 1. The van der Waals surface area contributed by atoms with E-state index < -0.39 is 10.0 Å². The first-order valence-electron chi connectivity index (χ1n) is 9.80. The number of amides is 1. The van der Waals surface area contributed by atoms with E-state index in [4.69, 9.17) is 0 Å². The molecular weight excluding hydrogens is 452 g/mol. The van der Waals surface area contributed by atoms with E-state index in [1.165, 1.54) is 22.3 Å². The van der Waals surface area contributed by atoms with Gasteiger partial charge in [0.1, 0.15) is 4.90 Å². The van der Waals surface area contributed by atoms with E-state index in [1.54, 1.807) is 23.9 Å². The van der Waals surface area contributed by atoms with Crippen molar-refractivity contribution < 1.29 is 13.2 Å². The highest BCUT2D eigenvalue weighted by atomic mass is 32.2. The normalized spacial score (nSPS) is 15.5. The van der Waals surface area contributed by atoms with Crippen LogP contribution in [0.3, 0.4) is 0 Å². The Bertz CT molecular complexity index is 1000. The van der Waals surface area contributed by atoms with Gasteiger partial charge in [0.15, 0.2) is 0 Å². The summed E-state index contributed by atoms with van der Waals surface area (Å²) in [7, 11) is -1.56. The zero-order chi connectivity index (χ0) is 22.3. The third-order valence-corrected chi connectivity index (χ3v) is 8.57. The van der Waals surface area contributed by atoms with Gasteiger partial charge in [-0.25, -0.2) is 13.4 Å². The van der Waals surface area contributed by atoms with Crippen molar-refractivity contribution >= 4 is 45.1 Å². The van der Waals surface area contributed by atoms with Gasteiger partial charge in [0.05, 0.1) is 16.5 Å². The van der Waals surface area contributed by atoms with Gasteiger partial charge in [-0.3, -0.25) is 4.79 Å². The summed E-state index contributed by atoms with van der Waals surface area (Å²) in [6.45, 7) is 6.09. The van der Waals surface area contributed by atoms with Crippen molar-refractivity contribution in [3.8, 4) is 0 Å². The van der Waals surface area contributed by atoms with E-state index in [2.05, 4.69) is 21.8 Å². The van der Waals surface area contributed by atoms with E-state index in [-0.39, 0.29) is 16.6 Å². The lowest BCUT2D eigenvalue weighted by Gasteiger charge is -2.31. The third-order valence-electron chi connectivity index (χ3n) is 4.68. The van der Waals surface area contributed by atoms with Crippen molar-refractivity contribution in [3.63, 3.8) is 0 Å². The fourth-order valence-electron chi connectivity index (χ4n) is 2.95. The van der Waals surface area contributed by atoms with Crippen molar-refractivity contribution in [1.82, 2.24) is 14.2 Å². The number of thioether (sulfide) groups is 2. The summed E-state index contributed by atoms with van der Waals surface area (Å²) in [5, 5.41) is 3.52. The van der Waals surface area contributed by atoms with Crippen LogP contribution >= 0.6 is 23.5 Å². The molecule has 3 rings (SSSR count). The van der Waals surface area contributed by atoms with E-state index in [0.717, 1.165) is 16.3 Å². The van der Waals surface area contributed by atoms with Crippen LogP contribution in [-0.4, -0.2) is 73.2 Å². The Balaban J connectivity index is 1.56. The Morgan fingerprint density at radius 3 is 2.58 bits per heavy atom. The van der Waals surface area contributed by atoms with Crippen LogP contribution in [0.15, 0.2) is 70.1 Å². The first kappa shape index (κ1) is 23.8. The van der Waals surface area contributed by atoms with Gasteiger partial charge in [0.25, 0.3) is 0 Å². The molecule has 166 valence electrons. The SMILES string of the molecule is C=CCSc1ccccc1NC(=O)CSc1ccc(S(=O)(=O)N2CCN(C)CC2)cn1. The summed E-state index contributed by atoms with van der Waals surface area (Å²) >= 11 is 2.87. The molecule has 7 nitrogen and oxygen atoms in total. The number of pyridine rings is 1. The van der Waals surface area contributed by atoms with Crippen LogP contribution in [0.4, 0.5) is 5.69 Å². The molecule has 0 saturated carbocycles. The summed E-state index contributed by atoms with van der Waals surface area (Å²) in [5.74, 6) is 0.792. The maximum absolute atomic E-state index is 12.8. The predicted molar refractivity (Wildman–Crippen MR) is 127 cm³/mol. The molecule has 0 radical (unpaired) electrons. The zero-order valence-corrected chi connectivity index (χ0v) is 19.8. The molecule has 1 N–H and O–H groups in total. The van der Waals surface area contributed by atoms with Gasteiger partial charge in [-0.05, 0) is 31.3 Å². The molecule has 1 aliphatic heterocycles. The van der Waals surface area contributed by atoms with E-state index in [1.807, 2.05) is 37.4 Å². The second-order valence-corrected chi connectivity index (χ2v) is 11.0. The third kappa shape index (κ3) is 6.56. The Hall–Kier alpha value is -1.85. The fourth-order valence-corrected chi connectivity index (χ4v) is 5.71. The number of hydrogen-bond donors (Lipinski definition) is 1. The van der Waals surface area contributed by atoms with Crippen molar-refractivity contribution in [1.29, 1.82) is 0 Å². The molecule has 31 heavy (non-hydrogen) atoms. The number of anilines is 1. The molecule has 10 heteroatoms.